The van der Waals surface area contributed by atoms with Crippen molar-refractivity contribution in [2.45, 2.75) is 88.6 Å². The summed E-state index contributed by atoms with van der Waals surface area (Å²) in [5.74, 6) is -0.970. The average molecular weight is 496 g/mol. The maximum absolute atomic E-state index is 12.5. The summed E-state index contributed by atoms with van der Waals surface area (Å²) in [6.07, 6.45) is 6.29. The minimum atomic E-state index is -1.26. The minimum Gasteiger partial charge on any atom is -0.378 e. The van der Waals surface area contributed by atoms with Crippen LogP contribution in [0.1, 0.15) is 81.6 Å². The van der Waals surface area contributed by atoms with E-state index in [2.05, 4.69) is 22.9 Å². The highest BCUT2D eigenvalue weighted by atomic mass is 16.3. The van der Waals surface area contributed by atoms with Gasteiger partial charge in [-0.15, -0.1) is 0 Å². The van der Waals surface area contributed by atoms with Crippen molar-refractivity contribution in [3.05, 3.63) is 71.8 Å². The van der Waals surface area contributed by atoms with Crippen LogP contribution >= 0.6 is 0 Å². The molecule has 0 spiro atoms. The Morgan fingerprint density at radius 1 is 0.778 bits per heavy atom. The van der Waals surface area contributed by atoms with Crippen LogP contribution in [-0.4, -0.2) is 46.7 Å². The topological polar surface area (TPSA) is 111 Å². The molecule has 2 aromatic rings. The maximum Gasteiger partial charge on any atom is 0.253 e. The molecule has 196 valence electrons. The molecule has 7 heteroatoms. The van der Waals surface area contributed by atoms with Gasteiger partial charge in [0.25, 0.3) is 11.8 Å². The Morgan fingerprint density at radius 3 is 1.58 bits per heavy atom. The van der Waals surface area contributed by atoms with Gasteiger partial charge < -0.3 is 26.2 Å². The number of benzene rings is 2. The Morgan fingerprint density at radius 2 is 1.22 bits per heavy atom. The SMILES string of the molecule is CC[C@@H]1CCCCN1.O=C(N[C@@H]1CCCC[C@H]1NC(=O)[C@H](O)c1ccccc1)[C@H](O)c1ccccc1. The summed E-state index contributed by atoms with van der Waals surface area (Å²) in [4.78, 5) is 25.0. The van der Waals surface area contributed by atoms with Crippen LogP contribution in [-0.2, 0) is 9.59 Å². The molecule has 2 fully saturated rings. The molecule has 7 nitrogen and oxygen atoms in total. The molecule has 1 heterocycles. The zero-order chi connectivity index (χ0) is 25.8. The predicted molar refractivity (Wildman–Crippen MR) is 141 cm³/mol. The Kier molecular flexibility index (Phi) is 11.4. The fourth-order valence-corrected chi connectivity index (χ4v) is 4.85. The summed E-state index contributed by atoms with van der Waals surface area (Å²) in [6.45, 7) is 3.50. The molecule has 0 unspecified atom stereocenters. The quantitative estimate of drug-likeness (QED) is 0.404. The first-order valence-electron chi connectivity index (χ1n) is 13.3. The third-order valence-electron chi connectivity index (χ3n) is 7.05. The Balaban J connectivity index is 0.000000383. The van der Waals surface area contributed by atoms with Crippen LogP contribution in [0.4, 0.5) is 0 Å². The van der Waals surface area contributed by atoms with Crippen molar-refractivity contribution in [1.29, 1.82) is 0 Å². The molecule has 1 aliphatic carbocycles. The van der Waals surface area contributed by atoms with E-state index in [-0.39, 0.29) is 12.1 Å². The first-order chi connectivity index (χ1) is 17.5. The molecule has 5 atom stereocenters. The number of hydrogen-bond acceptors (Lipinski definition) is 5. The number of hydrogen-bond donors (Lipinski definition) is 5. The third kappa shape index (κ3) is 8.43. The molecule has 2 aliphatic rings. The van der Waals surface area contributed by atoms with E-state index in [1.807, 2.05) is 12.1 Å². The van der Waals surface area contributed by atoms with E-state index in [0.29, 0.717) is 24.0 Å². The molecular formula is C29H41N3O4. The lowest BCUT2D eigenvalue weighted by molar-refractivity contribution is -0.133. The highest BCUT2D eigenvalue weighted by Gasteiger charge is 2.31. The molecule has 0 radical (unpaired) electrons. The minimum absolute atomic E-state index is 0.286. The Bertz CT molecular complexity index is 851. The first kappa shape index (κ1) is 27.8. The molecule has 1 saturated carbocycles. The number of aliphatic hydroxyl groups excluding tert-OH is 2. The van der Waals surface area contributed by atoms with E-state index in [4.69, 9.17) is 0 Å². The van der Waals surface area contributed by atoms with E-state index in [1.54, 1.807) is 48.5 Å². The number of nitrogens with one attached hydrogen (secondary N) is 3. The number of carbonyl (C=O) groups is 2. The van der Waals surface area contributed by atoms with Crippen LogP contribution in [0.5, 0.6) is 0 Å². The maximum atomic E-state index is 12.5. The van der Waals surface area contributed by atoms with E-state index >= 15 is 0 Å². The van der Waals surface area contributed by atoms with Crippen LogP contribution < -0.4 is 16.0 Å². The zero-order valence-corrected chi connectivity index (χ0v) is 21.2. The van der Waals surface area contributed by atoms with Crippen LogP contribution in [0.25, 0.3) is 0 Å². The van der Waals surface area contributed by atoms with Crippen molar-refractivity contribution >= 4 is 11.8 Å². The molecule has 1 saturated heterocycles. The smallest absolute Gasteiger partial charge is 0.253 e. The summed E-state index contributed by atoms with van der Waals surface area (Å²) in [7, 11) is 0. The van der Waals surface area contributed by atoms with Crippen molar-refractivity contribution in [3.8, 4) is 0 Å². The van der Waals surface area contributed by atoms with Gasteiger partial charge in [0.1, 0.15) is 0 Å². The normalized spacial score (nSPS) is 23.4. The largest absolute Gasteiger partial charge is 0.378 e. The van der Waals surface area contributed by atoms with Crippen LogP contribution in [0, 0.1) is 0 Å². The van der Waals surface area contributed by atoms with Crippen molar-refractivity contribution in [1.82, 2.24) is 16.0 Å². The van der Waals surface area contributed by atoms with Gasteiger partial charge in [0.05, 0.1) is 0 Å². The van der Waals surface area contributed by atoms with Gasteiger partial charge >= 0.3 is 0 Å². The molecule has 36 heavy (non-hydrogen) atoms. The first-order valence-corrected chi connectivity index (χ1v) is 13.3. The molecule has 4 rings (SSSR count). The molecule has 0 aromatic heterocycles. The number of aliphatic hydroxyl groups is 2. The van der Waals surface area contributed by atoms with Gasteiger partial charge in [-0.1, -0.05) is 86.8 Å². The number of carbonyl (C=O) groups excluding carboxylic acids is 2. The number of piperidine rings is 1. The summed E-state index contributed by atoms with van der Waals surface area (Å²) in [5.41, 5.74) is 1.05. The van der Waals surface area contributed by atoms with Gasteiger partial charge in [-0.05, 0) is 49.8 Å². The number of rotatable bonds is 7. The standard InChI is InChI=1S/C22H26N2O4.C7H15N/c25-19(15-9-3-1-4-10-15)21(27)23-17-13-7-8-14-18(17)24-22(28)20(26)16-11-5-2-6-12-16;1-2-7-5-3-4-6-8-7/h1-6,9-12,17-20,25-26H,7-8,13-14H2,(H,23,27)(H,24,28);7-8H,2-6H2,1H3/t17-,18-,19-,20-;7-/m11/s1. The van der Waals surface area contributed by atoms with Gasteiger partial charge in [-0.2, -0.15) is 0 Å². The molecule has 2 aromatic carbocycles. The Labute approximate surface area is 214 Å². The predicted octanol–water partition coefficient (Wildman–Crippen LogP) is 3.54. The monoisotopic (exact) mass is 495 g/mol. The molecular weight excluding hydrogens is 454 g/mol. The van der Waals surface area contributed by atoms with Gasteiger partial charge in [0, 0.05) is 18.1 Å². The molecule has 0 bridgehead atoms. The Hall–Kier alpha value is -2.74. The van der Waals surface area contributed by atoms with Gasteiger partial charge in [-0.3, -0.25) is 9.59 Å². The lowest BCUT2D eigenvalue weighted by Gasteiger charge is -2.34. The van der Waals surface area contributed by atoms with Crippen LogP contribution in [0.15, 0.2) is 60.7 Å². The fourth-order valence-electron chi connectivity index (χ4n) is 4.85. The third-order valence-corrected chi connectivity index (χ3v) is 7.05. The van der Waals surface area contributed by atoms with E-state index in [0.717, 1.165) is 18.9 Å². The summed E-state index contributed by atoms with van der Waals surface area (Å²) >= 11 is 0. The summed E-state index contributed by atoms with van der Waals surface area (Å²) < 4.78 is 0. The lowest BCUT2D eigenvalue weighted by atomic mass is 9.89. The van der Waals surface area contributed by atoms with Crippen molar-refractivity contribution in [2.24, 2.45) is 0 Å². The van der Waals surface area contributed by atoms with Crippen LogP contribution in [0.2, 0.25) is 0 Å². The van der Waals surface area contributed by atoms with Crippen molar-refractivity contribution < 1.29 is 19.8 Å². The lowest BCUT2D eigenvalue weighted by Crippen LogP contribution is -2.54. The van der Waals surface area contributed by atoms with Crippen molar-refractivity contribution in [2.75, 3.05) is 6.54 Å². The van der Waals surface area contributed by atoms with Crippen molar-refractivity contribution in [3.63, 3.8) is 0 Å². The molecule has 2 amide bonds. The second kappa shape index (κ2) is 14.7. The van der Waals surface area contributed by atoms with Gasteiger partial charge in [-0.25, -0.2) is 0 Å². The highest BCUT2D eigenvalue weighted by Crippen LogP contribution is 2.22. The van der Waals surface area contributed by atoms with E-state index in [1.165, 1.54) is 32.2 Å². The second-order valence-corrected chi connectivity index (χ2v) is 9.70. The summed E-state index contributed by atoms with van der Waals surface area (Å²) in [6, 6.07) is 17.7. The van der Waals surface area contributed by atoms with Crippen LogP contribution in [0.3, 0.4) is 0 Å². The summed E-state index contributed by atoms with van der Waals surface area (Å²) in [5, 5.41) is 29.8. The molecule has 5 N–H and O–H groups in total. The van der Waals surface area contributed by atoms with Gasteiger partial charge in [0.2, 0.25) is 0 Å². The van der Waals surface area contributed by atoms with E-state index < -0.39 is 24.0 Å². The molecule has 1 aliphatic heterocycles. The zero-order valence-electron chi connectivity index (χ0n) is 21.2. The number of amides is 2. The average Bonchev–Trinajstić information content (AvgIpc) is 2.95. The fraction of sp³-hybridized carbons (Fsp3) is 0.517. The highest BCUT2D eigenvalue weighted by molar-refractivity contribution is 5.83. The van der Waals surface area contributed by atoms with E-state index in [9.17, 15) is 19.8 Å². The van der Waals surface area contributed by atoms with Gasteiger partial charge in [0.15, 0.2) is 12.2 Å². The second-order valence-electron chi connectivity index (χ2n) is 9.70.